The molecule has 0 radical (unpaired) electrons. The first-order valence-electron chi connectivity index (χ1n) is 6.55. The Morgan fingerprint density at radius 1 is 1.38 bits per heavy atom. The van der Waals surface area contributed by atoms with Crippen molar-refractivity contribution in [2.75, 3.05) is 13.7 Å². The lowest BCUT2D eigenvalue weighted by molar-refractivity contribution is -0.108. The topological polar surface area (TPSA) is 77.4 Å². The molecule has 1 N–H and O–H groups in total. The fourth-order valence-corrected chi connectivity index (χ4v) is 2.19. The third-order valence-corrected chi connectivity index (χ3v) is 3.16. The van der Waals surface area contributed by atoms with Crippen molar-refractivity contribution < 1.29 is 14.3 Å². The normalized spacial score (nSPS) is 10.4. The number of carbonyl (C=O) groups is 2. The summed E-state index contributed by atoms with van der Waals surface area (Å²) in [5.41, 5.74) is 0.390. The summed E-state index contributed by atoms with van der Waals surface area (Å²) in [5.74, 6) is 0.234. The van der Waals surface area contributed by atoms with Crippen LogP contribution in [0.25, 0.3) is 10.9 Å². The average Bonchev–Trinajstić information content (AvgIpc) is 2.49. The van der Waals surface area contributed by atoms with Gasteiger partial charge in [-0.15, -0.1) is 0 Å². The molecule has 0 aliphatic rings. The molecule has 0 bridgehead atoms. The molecule has 0 atom stereocenters. The van der Waals surface area contributed by atoms with Gasteiger partial charge in [-0.3, -0.25) is 9.59 Å². The molecule has 0 aliphatic heterocycles. The lowest BCUT2D eigenvalue weighted by Crippen LogP contribution is -2.28. The number of nitrogens with zero attached hydrogens (tertiary/aromatic N) is 1. The van der Waals surface area contributed by atoms with Crippen LogP contribution in [0.4, 0.5) is 0 Å². The van der Waals surface area contributed by atoms with Crippen molar-refractivity contribution in [3.05, 3.63) is 40.2 Å². The second kappa shape index (κ2) is 6.21. The molecule has 0 aliphatic carbocycles. The Morgan fingerprint density at radius 3 is 2.76 bits per heavy atom. The number of hydrogen-bond acceptors (Lipinski definition) is 4. The Morgan fingerprint density at radius 2 is 2.14 bits per heavy atom. The highest BCUT2D eigenvalue weighted by molar-refractivity contribution is 6.06. The van der Waals surface area contributed by atoms with Crippen molar-refractivity contribution in [1.82, 2.24) is 9.88 Å². The highest BCUT2D eigenvalue weighted by atomic mass is 16.5. The fourth-order valence-electron chi connectivity index (χ4n) is 2.19. The van der Waals surface area contributed by atoms with Crippen LogP contribution in [0.15, 0.2) is 29.1 Å². The maximum absolute atomic E-state index is 12.1. The number of amides is 1. The number of benzene rings is 1. The first kappa shape index (κ1) is 14.8. The highest BCUT2D eigenvalue weighted by Gasteiger charge is 2.14. The van der Waals surface area contributed by atoms with E-state index in [9.17, 15) is 14.4 Å². The van der Waals surface area contributed by atoms with Crippen molar-refractivity contribution >= 4 is 23.1 Å². The summed E-state index contributed by atoms with van der Waals surface area (Å²) < 4.78 is 6.45. The summed E-state index contributed by atoms with van der Waals surface area (Å²) >= 11 is 0. The second-order valence-corrected chi connectivity index (χ2v) is 4.42. The standard InChI is InChI=1S/C15H16N2O4/c1-3-16-15(20)12-9-14(19)17(6-7-18)13-8-10(21-2)4-5-11(12)13/h4-5,7-9H,3,6H2,1-2H3,(H,16,20). The molecule has 0 fully saturated rings. The van der Waals surface area contributed by atoms with Gasteiger partial charge in [0.2, 0.25) is 0 Å². The van der Waals surface area contributed by atoms with Gasteiger partial charge in [-0.25, -0.2) is 0 Å². The van der Waals surface area contributed by atoms with Crippen molar-refractivity contribution in [3.63, 3.8) is 0 Å². The van der Waals surface area contributed by atoms with Gasteiger partial charge in [0.25, 0.3) is 11.5 Å². The first-order chi connectivity index (χ1) is 10.1. The summed E-state index contributed by atoms with van der Waals surface area (Å²) in [5, 5.41) is 3.27. The van der Waals surface area contributed by atoms with Gasteiger partial charge >= 0.3 is 0 Å². The van der Waals surface area contributed by atoms with Crippen LogP contribution in [0.5, 0.6) is 5.75 Å². The molecule has 1 aromatic carbocycles. The Bertz CT molecular complexity index is 749. The average molecular weight is 288 g/mol. The molecule has 6 nitrogen and oxygen atoms in total. The van der Waals surface area contributed by atoms with Crippen LogP contribution in [0.3, 0.4) is 0 Å². The number of carbonyl (C=O) groups excluding carboxylic acids is 2. The van der Waals surface area contributed by atoms with Gasteiger partial charge in [0.1, 0.15) is 12.0 Å². The highest BCUT2D eigenvalue weighted by Crippen LogP contribution is 2.22. The van der Waals surface area contributed by atoms with Crippen molar-refractivity contribution in [1.29, 1.82) is 0 Å². The van der Waals surface area contributed by atoms with Gasteiger partial charge in [-0.05, 0) is 19.1 Å². The van der Waals surface area contributed by atoms with Gasteiger partial charge in [0.05, 0.1) is 24.7 Å². The van der Waals surface area contributed by atoms with Crippen LogP contribution in [0.1, 0.15) is 17.3 Å². The second-order valence-electron chi connectivity index (χ2n) is 4.42. The number of pyridine rings is 1. The quantitative estimate of drug-likeness (QED) is 0.831. The van der Waals surface area contributed by atoms with Gasteiger partial charge in [-0.2, -0.15) is 0 Å². The minimum atomic E-state index is -0.399. The zero-order chi connectivity index (χ0) is 15.4. The number of methoxy groups -OCH3 is 1. The van der Waals surface area contributed by atoms with E-state index in [-0.39, 0.29) is 12.5 Å². The molecule has 0 unspecified atom stereocenters. The maximum atomic E-state index is 12.1. The molecule has 1 heterocycles. The van der Waals surface area contributed by atoms with Crippen LogP contribution >= 0.6 is 0 Å². The largest absolute Gasteiger partial charge is 0.497 e. The minimum absolute atomic E-state index is 0.0713. The number of aldehydes is 1. The molecule has 21 heavy (non-hydrogen) atoms. The Balaban J connectivity index is 2.78. The number of ether oxygens (including phenoxy) is 1. The zero-order valence-electron chi connectivity index (χ0n) is 11.9. The van der Waals surface area contributed by atoms with Gasteiger partial charge < -0.3 is 19.4 Å². The molecule has 0 spiro atoms. The summed E-state index contributed by atoms with van der Waals surface area (Å²) in [6.45, 7) is 2.20. The molecular weight excluding hydrogens is 272 g/mol. The number of aromatic nitrogens is 1. The number of hydrogen-bond donors (Lipinski definition) is 1. The molecule has 2 aromatic rings. The van der Waals surface area contributed by atoms with Crippen LogP contribution in [0.2, 0.25) is 0 Å². The lowest BCUT2D eigenvalue weighted by Gasteiger charge is -2.12. The van der Waals surface area contributed by atoms with E-state index >= 15 is 0 Å². The third-order valence-electron chi connectivity index (χ3n) is 3.16. The van der Waals surface area contributed by atoms with Crippen molar-refractivity contribution in [3.8, 4) is 5.75 Å². The van der Waals surface area contributed by atoms with Crippen LogP contribution in [0, 0.1) is 0 Å². The van der Waals surface area contributed by atoms with E-state index in [1.54, 1.807) is 25.1 Å². The van der Waals surface area contributed by atoms with Crippen molar-refractivity contribution in [2.24, 2.45) is 0 Å². The number of nitrogens with one attached hydrogen (secondary N) is 1. The first-order valence-corrected chi connectivity index (χ1v) is 6.55. The monoisotopic (exact) mass is 288 g/mol. The number of fused-ring (bicyclic) bond motifs is 1. The summed E-state index contributed by atoms with van der Waals surface area (Å²) in [7, 11) is 1.51. The SMILES string of the molecule is CCNC(=O)c1cc(=O)n(CC=O)c2cc(OC)ccc12. The van der Waals surface area contributed by atoms with Crippen LogP contribution in [-0.4, -0.2) is 30.4 Å². The summed E-state index contributed by atoms with van der Waals surface area (Å²) in [6, 6.07) is 6.31. The smallest absolute Gasteiger partial charge is 0.252 e. The van der Waals surface area contributed by atoms with E-state index in [0.29, 0.717) is 35.0 Å². The van der Waals surface area contributed by atoms with Gasteiger partial charge in [0, 0.05) is 24.1 Å². The predicted molar refractivity (Wildman–Crippen MR) is 78.8 cm³/mol. The number of rotatable bonds is 5. The van der Waals surface area contributed by atoms with E-state index in [2.05, 4.69) is 5.32 Å². The maximum Gasteiger partial charge on any atom is 0.252 e. The fraction of sp³-hybridized carbons (Fsp3) is 0.267. The van der Waals surface area contributed by atoms with E-state index in [0.717, 1.165) is 0 Å². The predicted octanol–water partition coefficient (Wildman–Crippen LogP) is 0.959. The zero-order valence-corrected chi connectivity index (χ0v) is 11.9. The van der Waals surface area contributed by atoms with Gasteiger partial charge in [-0.1, -0.05) is 0 Å². The molecule has 110 valence electrons. The molecule has 2 rings (SSSR count). The lowest BCUT2D eigenvalue weighted by atomic mass is 10.1. The van der Waals surface area contributed by atoms with E-state index in [4.69, 9.17) is 4.74 Å². The summed E-state index contributed by atoms with van der Waals surface area (Å²) in [6.07, 6.45) is 0.645. The molecule has 1 aromatic heterocycles. The Hall–Kier alpha value is -2.63. The molecule has 0 saturated carbocycles. The van der Waals surface area contributed by atoms with Gasteiger partial charge in [0.15, 0.2) is 0 Å². The van der Waals surface area contributed by atoms with E-state index in [1.165, 1.54) is 17.7 Å². The van der Waals surface area contributed by atoms with Crippen molar-refractivity contribution in [2.45, 2.75) is 13.5 Å². The van der Waals surface area contributed by atoms with E-state index < -0.39 is 5.56 Å². The van der Waals surface area contributed by atoms with Crippen LogP contribution < -0.4 is 15.6 Å². The summed E-state index contributed by atoms with van der Waals surface area (Å²) in [4.78, 5) is 35.0. The third kappa shape index (κ3) is 2.79. The molecule has 6 heteroatoms. The Labute approximate surface area is 121 Å². The molecule has 1 amide bonds. The molecular formula is C15H16N2O4. The van der Waals surface area contributed by atoms with Crippen LogP contribution in [-0.2, 0) is 11.3 Å². The van der Waals surface area contributed by atoms with E-state index in [1.807, 2.05) is 0 Å². The minimum Gasteiger partial charge on any atom is -0.497 e. The molecule has 0 saturated heterocycles. The Kier molecular flexibility index (Phi) is 4.37.